The van der Waals surface area contributed by atoms with Crippen LogP contribution in [-0.4, -0.2) is 27.4 Å². The molecule has 1 aliphatic heterocycles. The molecule has 7 heteroatoms. The number of hydrogen-bond donors (Lipinski definition) is 2. The summed E-state index contributed by atoms with van der Waals surface area (Å²) in [4.78, 5) is 37.3. The van der Waals surface area contributed by atoms with Gasteiger partial charge in [0.1, 0.15) is 5.41 Å². The molecule has 1 fully saturated rings. The van der Waals surface area contributed by atoms with Crippen molar-refractivity contribution in [2.24, 2.45) is 12.5 Å². The van der Waals surface area contributed by atoms with Crippen molar-refractivity contribution < 1.29 is 14.4 Å². The third-order valence-electron chi connectivity index (χ3n) is 3.17. The average molecular weight is 266 g/mol. The molecule has 104 valence electrons. The van der Waals surface area contributed by atoms with E-state index in [0.717, 1.165) is 0 Å². The van der Waals surface area contributed by atoms with Crippen LogP contribution in [0.15, 0.2) is 18.7 Å². The van der Waals surface area contributed by atoms with Crippen LogP contribution in [0, 0.1) is 5.41 Å². The van der Waals surface area contributed by atoms with Gasteiger partial charge in [-0.3, -0.25) is 20.2 Å². The maximum Gasteiger partial charge on any atom is 0.328 e. The quantitative estimate of drug-likeness (QED) is 0.766. The molecule has 2 N–H and O–H groups in total. The second-order valence-corrected chi connectivity index (χ2v) is 4.25. The lowest BCUT2D eigenvalue weighted by molar-refractivity contribution is -0.144. The molecule has 0 spiro atoms. The van der Waals surface area contributed by atoms with Gasteiger partial charge in [-0.2, -0.15) is 0 Å². The molecule has 1 aromatic rings. The predicted octanol–water partition coefficient (Wildman–Crippen LogP) is 0.579. The number of nitrogens with one attached hydrogen (secondary N) is 2. The lowest BCUT2D eigenvalue weighted by atomic mass is 9.79. The first-order valence-corrected chi connectivity index (χ1v) is 6.05. The molecule has 0 saturated carbocycles. The van der Waals surface area contributed by atoms with Crippen LogP contribution in [0.1, 0.15) is 26.7 Å². The van der Waals surface area contributed by atoms with Gasteiger partial charge in [0.25, 0.3) is 0 Å². The van der Waals surface area contributed by atoms with Crippen LogP contribution in [0.5, 0.6) is 0 Å². The lowest BCUT2D eigenvalue weighted by Crippen LogP contribution is -2.61. The Balaban J connectivity index is 0.000000250. The van der Waals surface area contributed by atoms with E-state index in [1.54, 1.807) is 26.4 Å². The van der Waals surface area contributed by atoms with Gasteiger partial charge in [0, 0.05) is 19.4 Å². The van der Waals surface area contributed by atoms with E-state index in [9.17, 15) is 14.4 Å². The van der Waals surface area contributed by atoms with E-state index in [-0.39, 0.29) is 0 Å². The van der Waals surface area contributed by atoms with E-state index in [2.05, 4.69) is 15.6 Å². The van der Waals surface area contributed by atoms with Gasteiger partial charge >= 0.3 is 6.03 Å². The minimum atomic E-state index is -1.06. The summed E-state index contributed by atoms with van der Waals surface area (Å²) in [7, 11) is 1.94. The van der Waals surface area contributed by atoms with Gasteiger partial charge in [-0.1, -0.05) is 13.8 Å². The summed E-state index contributed by atoms with van der Waals surface area (Å²) in [5, 5.41) is 4.19. The van der Waals surface area contributed by atoms with Crippen LogP contribution >= 0.6 is 0 Å². The number of aryl methyl sites for hydroxylation is 1. The Morgan fingerprint density at radius 2 is 1.68 bits per heavy atom. The van der Waals surface area contributed by atoms with E-state index in [1.165, 1.54) is 0 Å². The Morgan fingerprint density at radius 1 is 1.16 bits per heavy atom. The van der Waals surface area contributed by atoms with Crippen LogP contribution in [-0.2, 0) is 16.6 Å². The number of hydrogen-bond acceptors (Lipinski definition) is 4. The molecule has 1 aromatic heterocycles. The normalized spacial score (nSPS) is 17.1. The number of barbiturate groups is 1. The van der Waals surface area contributed by atoms with Gasteiger partial charge in [0.2, 0.25) is 11.8 Å². The van der Waals surface area contributed by atoms with Crippen molar-refractivity contribution in [2.75, 3.05) is 0 Å². The van der Waals surface area contributed by atoms with Gasteiger partial charge < -0.3 is 4.57 Å². The Hall–Kier alpha value is -2.18. The minimum absolute atomic E-state index is 0.397. The fraction of sp³-hybridized carbons (Fsp3) is 0.500. The SMILES string of the molecule is CCC1(CC)C(=O)NC(=O)NC1=O.Cn1ccnc1. The van der Waals surface area contributed by atoms with Crippen molar-refractivity contribution in [3.63, 3.8) is 0 Å². The Labute approximate surface area is 111 Å². The van der Waals surface area contributed by atoms with E-state index >= 15 is 0 Å². The largest absolute Gasteiger partial charge is 0.341 e. The molecular weight excluding hydrogens is 248 g/mol. The van der Waals surface area contributed by atoms with Crippen molar-refractivity contribution in [1.82, 2.24) is 20.2 Å². The summed E-state index contributed by atoms with van der Waals surface area (Å²) in [6.45, 7) is 3.50. The van der Waals surface area contributed by atoms with Crippen LogP contribution < -0.4 is 10.6 Å². The van der Waals surface area contributed by atoms with Crippen molar-refractivity contribution >= 4 is 17.8 Å². The summed E-state index contributed by atoms with van der Waals surface area (Å²) in [5.41, 5.74) is -1.06. The van der Waals surface area contributed by atoms with Crippen molar-refractivity contribution in [1.29, 1.82) is 0 Å². The molecule has 19 heavy (non-hydrogen) atoms. The number of amides is 4. The molecule has 2 rings (SSSR count). The molecule has 0 bridgehead atoms. The fourth-order valence-corrected chi connectivity index (χ4v) is 1.80. The Morgan fingerprint density at radius 3 is 1.95 bits per heavy atom. The number of nitrogens with zero attached hydrogens (tertiary/aromatic N) is 2. The van der Waals surface area contributed by atoms with E-state index in [1.807, 2.05) is 17.8 Å². The van der Waals surface area contributed by atoms with Gasteiger partial charge in [-0.15, -0.1) is 0 Å². The fourth-order valence-electron chi connectivity index (χ4n) is 1.80. The Bertz CT molecular complexity index is 441. The number of imidazole rings is 1. The van der Waals surface area contributed by atoms with Gasteiger partial charge in [0.05, 0.1) is 6.33 Å². The highest BCUT2D eigenvalue weighted by Gasteiger charge is 2.47. The molecule has 0 radical (unpaired) electrons. The zero-order valence-electron chi connectivity index (χ0n) is 11.3. The molecule has 2 heterocycles. The first kappa shape index (κ1) is 14.9. The number of rotatable bonds is 2. The summed E-state index contributed by atoms with van der Waals surface area (Å²) in [6.07, 6.45) is 6.18. The molecule has 1 saturated heterocycles. The smallest absolute Gasteiger partial charge is 0.328 e. The van der Waals surface area contributed by atoms with Crippen molar-refractivity contribution in [3.05, 3.63) is 18.7 Å². The van der Waals surface area contributed by atoms with Crippen LogP contribution in [0.2, 0.25) is 0 Å². The zero-order valence-corrected chi connectivity index (χ0v) is 11.3. The highest BCUT2D eigenvalue weighted by atomic mass is 16.2. The molecule has 0 unspecified atom stereocenters. The molecule has 1 aliphatic rings. The summed E-state index contributed by atoms with van der Waals surface area (Å²) >= 11 is 0. The second-order valence-electron chi connectivity index (χ2n) is 4.25. The summed E-state index contributed by atoms with van der Waals surface area (Å²) in [6, 6.07) is -0.729. The van der Waals surface area contributed by atoms with Crippen LogP contribution in [0.25, 0.3) is 0 Å². The average Bonchev–Trinajstić information content (AvgIpc) is 2.82. The molecular formula is C12H18N4O3. The number of imide groups is 2. The number of aromatic nitrogens is 2. The number of carbonyl (C=O) groups is 3. The standard InChI is InChI=1S/C8H12N2O3.C4H6N2/c1-3-8(4-2)5(11)9-7(13)10-6(8)12;1-6-3-2-5-4-6/h3-4H2,1-2H3,(H2,9,10,11,12,13);2-4H,1H3. The van der Waals surface area contributed by atoms with Gasteiger partial charge in [-0.05, 0) is 12.8 Å². The third kappa shape index (κ3) is 3.18. The molecule has 0 atom stereocenters. The number of urea groups is 1. The van der Waals surface area contributed by atoms with Crippen molar-refractivity contribution in [3.8, 4) is 0 Å². The monoisotopic (exact) mass is 266 g/mol. The topological polar surface area (TPSA) is 93.1 Å². The highest BCUT2D eigenvalue weighted by molar-refractivity contribution is 6.19. The van der Waals surface area contributed by atoms with Gasteiger partial charge in [0.15, 0.2) is 0 Å². The molecule has 7 nitrogen and oxygen atoms in total. The molecule has 0 aliphatic carbocycles. The van der Waals surface area contributed by atoms with Crippen LogP contribution in [0.4, 0.5) is 4.79 Å². The highest BCUT2D eigenvalue weighted by Crippen LogP contribution is 2.28. The predicted molar refractivity (Wildman–Crippen MR) is 67.9 cm³/mol. The first-order valence-electron chi connectivity index (χ1n) is 6.05. The van der Waals surface area contributed by atoms with E-state index in [4.69, 9.17) is 0 Å². The number of carbonyl (C=O) groups excluding carboxylic acids is 3. The lowest BCUT2D eigenvalue weighted by Gasteiger charge is -2.31. The first-order chi connectivity index (χ1) is 8.96. The maximum absolute atomic E-state index is 11.4. The zero-order chi connectivity index (χ0) is 14.5. The molecule has 0 aromatic carbocycles. The van der Waals surface area contributed by atoms with Gasteiger partial charge in [-0.25, -0.2) is 9.78 Å². The van der Waals surface area contributed by atoms with E-state index < -0.39 is 23.3 Å². The second kappa shape index (κ2) is 6.12. The van der Waals surface area contributed by atoms with Crippen LogP contribution in [0.3, 0.4) is 0 Å². The Kier molecular flexibility index (Phi) is 4.80. The maximum atomic E-state index is 11.4. The summed E-state index contributed by atoms with van der Waals surface area (Å²) in [5.74, 6) is -0.988. The third-order valence-corrected chi connectivity index (χ3v) is 3.17. The summed E-state index contributed by atoms with van der Waals surface area (Å²) < 4.78 is 1.89. The van der Waals surface area contributed by atoms with E-state index in [0.29, 0.717) is 12.8 Å². The van der Waals surface area contributed by atoms with Crippen molar-refractivity contribution in [2.45, 2.75) is 26.7 Å². The molecule has 4 amide bonds. The minimum Gasteiger partial charge on any atom is -0.341 e.